The van der Waals surface area contributed by atoms with Crippen LogP contribution in [0.3, 0.4) is 0 Å². The Morgan fingerprint density at radius 3 is 2.45 bits per heavy atom. The van der Waals surface area contributed by atoms with E-state index < -0.39 is 18.2 Å². The van der Waals surface area contributed by atoms with Crippen LogP contribution in [-0.4, -0.2) is 19.3 Å². The molecule has 114 valence electrons. The zero-order chi connectivity index (χ0) is 15.4. The molecule has 1 aliphatic heterocycles. The van der Waals surface area contributed by atoms with E-state index in [-0.39, 0.29) is 24.7 Å². The first-order valence-electron chi connectivity index (χ1n) is 6.84. The maximum Gasteiger partial charge on any atom is 0.185 e. The van der Waals surface area contributed by atoms with Gasteiger partial charge in [-0.3, -0.25) is 0 Å². The topological polar surface area (TPSA) is 57.1 Å². The zero-order valence-electron chi connectivity index (χ0n) is 11.6. The van der Waals surface area contributed by atoms with Gasteiger partial charge in [0, 0.05) is 5.56 Å². The molecule has 2 aromatic rings. The lowest BCUT2D eigenvalue weighted by molar-refractivity contribution is -0.215. The van der Waals surface area contributed by atoms with Gasteiger partial charge in [-0.25, -0.2) is 4.39 Å². The molecule has 0 unspecified atom stereocenters. The van der Waals surface area contributed by atoms with E-state index in [1.165, 1.54) is 12.1 Å². The first kappa shape index (κ1) is 14.6. The van der Waals surface area contributed by atoms with E-state index in [2.05, 4.69) is 5.18 Å². The van der Waals surface area contributed by atoms with Gasteiger partial charge >= 0.3 is 0 Å². The van der Waals surface area contributed by atoms with Gasteiger partial charge < -0.3 is 14.2 Å². The molecule has 0 radical (unpaired) electrons. The van der Waals surface area contributed by atoms with E-state index in [0.29, 0.717) is 0 Å². The fraction of sp³-hybridized carbons (Fsp3) is 0.250. The van der Waals surface area contributed by atoms with Crippen LogP contribution in [0, 0.1) is 10.7 Å². The molecule has 0 spiro atoms. The van der Waals surface area contributed by atoms with Crippen molar-refractivity contribution in [1.82, 2.24) is 0 Å². The van der Waals surface area contributed by atoms with E-state index >= 15 is 0 Å². The smallest absolute Gasteiger partial charge is 0.185 e. The second kappa shape index (κ2) is 6.64. The molecule has 1 aliphatic rings. The molecule has 1 fully saturated rings. The summed E-state index contributed by atoms with van der Waals surface area (Å²) < 4.78 is 30.2. The van der Waals surface area contributed by atoms with Crippen molar-refractivity contribution in [3.8, 4) is 5.75 Å². The first-order chi connectivity index (χ1) is 10.8. The average molecular weight is 303 g/mol. The van der Waals surface area contributed by atoms with Crippen molar-refractivity contribution >= 4 is 5.69 Å². The van der Waals surface area contributed by atoms with E-state index in [0.717, 1.165) is 11.6 Å². The van der Waals surface area contributed by atoms with Crippen LogP contribution in [0.2, 0.25) is 0 Å². The molecule has 1 heterocycles. The highest BCUT2D eigenvalue weighted by atomic mass is 19.1. The fourth-order valence-corrected chi connectivity index (χ4v) is 2.22. The minimum Gasteiger partial charge on any atom is -0.483 e. The van der Waals surface area contributed by atoms with Crippen molar-refractivity contribution in [3.63, 3.8) is 0 Å². The Kier molecular flexibility index (Phi) is 4.41. The number of ether oxygens (including phenoxy) is 3. The largest absolute Gasteiger partial charge is 0.483 e. The highest BCUT2D eigenvalue weighted by molar-refractivity contribution is 5.52. The number of halogens is 1. The summed E-state index contributed by atoms with van der Waals surface area (Å²) in [5.41, 5.74) is 0.578. The molecule has 2 aromatic carbocycles. The Hall–Kier alpha value is -2.31. The van der Waals surface area contributed by atoms with Gasteiger partial charge in [-0.05, 0) is 17.3 Å². The van der Waals surface area contributed by atoms with Gasteiger partial charge in [-0.2, -0.15) is 0 Å². The Bertz CT molecular complexity index is 642. The van der Waals surface area contributed by atoms with Crippen molar-refractivity contribution < 1.29 is 18.6 Å². The molecule has 3 rings (SSSR count). The van der Waals surface area contributed by atoms with Gasteiger partial charge in [0.15, 0.2) is 23.5 Å². The van der Waals surface area contributed by atoms with Gasteiger partial charge in [0.2, 0.25) is 0 Å². The fourth-order valence-electron chi connectivity index (χ4n) is 2.22. The minimum atomic E-state index is -0.715. The van der Waals surface area contributed by atoms with Crippen LogP contribution in [0.5, 0.6) is 5.75 Å². The maximum atomic E-state index is 13.5. The summed E-state index contributed by atoms with van der Waals surface area (Å²) >= 11 is 0. The molecule has 0 bridgehead atoms. The summed E-state index contributed by atoms with van der Waals surface area (Å²) in [5.74, 6) is -0.627. The van der Waals surface area contributed by atoms with Crippen molar-refractivity contribution in [3.05, 3.63) is 64.8 Å². The maximum absolute atomic E-state index is 13.5. The number of rotatable bonds is 4. The lowest BCUT2D eigenvalue weighted by Crippen LogP contribution is -2.35. The highest BCUT2D eigenvalue weighted by Gasteiger charge is 2.25. The average Bonchev–Trinajstić information content (AvgIpc) is 2.57. The number of hydrogen-bond donors (Lipinski definition) is 0. The monoisotopic (exact) mass is 303 g/mol. The number of nitroso groups, excluding NO2 is 1. The third kappa shape index (κ3) is 3.13. The second-order valence-corrected chi connectivity index (χ2v) is 4.83. The summed E-state index contributed by atoms with van der Waals surface area (Å²) in [6, 6.07) is 13.6. The highest BCUT2D eigenvalue weighted by Crippen LogP contribution is 2.32. The number of hydrogen-bond acceptors (Lipinski definition) is 5. The van der Waals surface area contributed by atoms with Gasteiger partial charge in [0.05, 0.1) is 13.2 Å². The van der Waals surface area contributed by atoms with E-state index in [9.17, 15) is 9.30 Å². The Morgan fingerprint density at radius 1 is 1.05 bits per heavy atom. The van der Waals surface area contributed by atoms with Gasteiger partial charge in [-0.15, -0.1) is 4.91 Å². The SMILES string of the molecule is O=Nc1c(F)cccc1OC1COC(c2ccccc2)OC1. The van der Waals surface area contributed by atoms with E-state index in [1.54, 1.807) is 0 Å². The molecule has 6 heteroatoms. The molecular formula is C16H14FNO4. The van der Waals surface area contributed by atoms with E-state index in [1.807, 2.05) is 30.3 Å². The Morgan fingerprint density at radius 2 is 1.77 bits per heavy atom. The van der Waals surface area contributed by atoms with Gasteiger partial charge in [-0.1, -0.05) is 36.4 Å². The predicted octanol–water partition coefficient (Wildman–Crippen LogP) is 3.72. The summed E-state index contributed by atoms with van der Waals surface area (Å²) in [5, 5.41) is 2.67. The molecule has 22 heavy (non-hydrogen) atoms. The second-order valence-electron chi connectivity index (χ2n) is 4.83. The summed E-state index contributed by atoms with van der Waals surface area (Å²) in [6.07, 6.45) is -0.875. The van der Waals surface area contributed by atoms with Crippen LogP contribution in [-0.2, 0) is 9.47 Å². The van der Waals surface area contributed by atoms with Crippen molar-refractivity contribution in [2.75, 3.05) is 13.2 Å². The summed E-state index contributed by atoms with van der Waals surface area (Å²) in [6.45, 7) is 0.544. The normalized spacial score (nSPS) is 21.3. The minimum absolute atomic E-state index is 0.0883. The molecule has 0 N–H and O–H groups in total. The van der Waals surface area contributed by atoms with Crippen LogP contribution in [0.4, 0.5) is 10.1 Å². The number of benzene rings is 2. The van der Waals surface area contributed by atoms with Gasteiger partial charge in [0.1, 0.15) is 6.10 Å². The summed E-state index contributed by atoms with van der Waals surface area (Å²) in [4.78, 5) is 10.7. The quantitative estimate of drug-likeness (QED) is 0.808. The molecular weight excluding hydrogens is 289 g/mol. The summed E-state index contributed by atoms with van der Waals surface area (Å²) in [7, 11) is 0. The van der Waals surface area contributed by atoms with Gasteiger partial charge in [0.25, 0.3) is 0 Å². The molecule has 5 nitrogen and oxygen atoms in total. The van der Waals surface area contributed by atoms with Crippen LogP contribution in [0.1, 0.15) is 11.9 Å². The van der Waals surface area contributed by atoms with Crippen molar-refractivity contribution in [2.45, 2.75) is 12.4 Å². The van der Waals surface area contributed by atoms with Crippen LogP contribution >= 0.6 is 0 Å². The lowest BCUT2D eigenvalue weighted by atomic mass is 10.2. The van der Waals surface area contributed by atoms with Crippen molar-refractivity contribution in [1.29, 1.82) is 0 Å². The Labute approximate surface area is 126 Å². The van der Waals surface area contributed by atoms with E-state index in [4.69, 9.17) is 14.2 Å². The van der Waals surface area contributed by atoms with Crippen molar-refractivity contribution in [2.24, 2.45) is 5.18 Å². The lowest BCUT2D eigenvalue weighted by Gasteiger charge is -2.30. The molecule has 0 atom stereocenters. The van der Waals surface area contributed by atoms with Crippen LogP contribution in [0.15, 0.2) is 53.7 Å². The number of nitrogens with zero attached hydrogens (tertiary/aromatic N) is 1. The Balaban J connectivity index is 1.63. The van der Waals surface area contributed by atoms with Crippen LogP contribution in [0.25, 0.3) is 0 Å². The first-order valence-corrected chi connectivity index (χ1v) is 6.84. The third-order valence-electron chi connectivity index (χ3n) is 3.27. The molecule has 0 aromatic heterocycles. The molecule has 0 saturated carbocycles. The third-order valence-corrected chi connectivity index (χ3v) is 3.27. The molecule has 1 saturated heterocycles. The molecule has 0 amide bonds. The molecule has 0 aliphatic carbocycles. The van der Waals surface area contributed by atoms with Crippen LogP contribution < -0.4 is 4.74 Å². The predicted molar refractivity (Wildman–Crippen MR) is 77.4 cm³/mol. The standard InChI is InChI=1S/C16H14FNO4/c17-13-7-4-8-14(15(13)18-19)22-12-9-20-16(21-10-12)11-5-2-1-3-6-11/h1-8,12,16H,9-10H2. The zero-order valence-corrected chi connectivity index (χ0v) is 11.6.